The first-order chi connectivity index (χ1) is 7.84. The van der Waals surface area contributed by atoms with Crippen LogP contribution in [0.4, 0.5) is 0 Å². The summed E-state index contributed by atoms with van der Waals surface area (Å²) < 4.78 is 1.13. The van der Waals surface area contributed by atoms with Crippen molar-refractivity contribution in [1.82, 2.24) is 4.98 Å². The Labute approximate surface area is 108 Å². The molecule has 0 amide bonds. The van der Waals surface area contributed by atoms with Gasteiger partial charge in [0.25, 0.3) is 0 Å². The van der Waals surface area contributed by atoms with E-state index in [2.05, 4.69) is 45.2 Å². The third-order valence-electron chi connectivity index (χ3n) is 2.15. The first-order valence-electron chi connectivity index (χ1n) is 5.13. The van der Waals surface area contributed by atoms with Crippen LogP contribution in [0.15, 0.2) is 58.0 Å². The summed E-state index contributed by atoms with van der Waals surface area (Å²) in [5.41, 5.74) is 1.16. The lowest BCUT2D eigenvalue weighted by atomic mass is 10.3. The molecule has 0 radical (unpaired) electrons. The SMILES string of the molecule is Brc1cccc(SCCc2ccccn2)c1. The van der Waals surface area contributed by atoms with E-state index >= 15 is 0 Å². The van der Waals surface area contributed by atoms with Gasteiger partial charge in [0.1, 0.15) is 0 Å². The van der Waals surface area contributed by atoms with Gasteiger partial charge in [0.05, 0.1) is 0 Å². The summed E-state index contributed by atoms with van der Waals surface area (Å²) in [6.07, 6.45) is 2.86. The Morgan fingerprint density at radius 2 is 2.06 bits per heavy atom. The number of hydrogen-bond acceptors (Lipinski definition) is 2. The highest BCUT2D eigenvalue weighted by Gasteiger charge is 1.97. The van der Waals surface area contributed by atoms with E-state index in [1.165, 1.54) is 4.90 Å². The van der Waals surface area contributed by atoms with Crippen LogP contribution in [-0.4, -0.2) is 10.7 Å². The third-order valence-corrected chi connectivity index (χ3v) is 3.64. The summed E-state index contributed by atoms with van der Waals surface area (Å²) >= 11 is 5.33. The molecule has 0 spiro atoms. The smallest absolute Gasteiger partial charge is 0.0411 e. The quantitative estimate of drug-likeness (QED) is 0.785. The number of benzene rings is 1. The summed E-state index contributed by atoms with van der Waals surface area (Å²) in [7, 11) is 0. The topological polar surface area (TPSA) is 12.9 Å². The fourth-order valence-corrected chi connectivity index (χ4v) is 2.86. The van der Waals surface area contributed by atoms with Crippen LogP contribution in [0.5, 0.6) is 0 Å². The lowest BCUT2D eigenvalue weighted by molar-refractivity contribution is 1.05. The Hall–Kier alpha value is -0.800. The Morgan fingerprint density at radius 3 is 2.81 bits per heavy atom. The first kappa shape index (κ1) is 11.7. The van der Waals surface area contributed by atoms with Gasteiger partial charge in [0, 0.05) is 27.0 Å². The maximum Gasteiger partial charge on any atom is 0.0411 e. The fraction of sp³-hybridized carbons (Fsp3) is 0.154. The zero-order valence-electron chi connectivity index (χ0n) is 8.77. The molecule has 1 heterocycles. The Morgan fingerprint density at radius 1 is 1.12 bits per heavy atom. The van der Waals surface area contributed by atoms with Gasteiger partial charge in [-0.15, -0.1) is 11.8 Å². The molecule has 0 atom stereocenters. The van der Waals surface area contributed by atoms with Crippen molar-refractivity contribution in [2.45, 2.75) is 11.3 Å². The van der Waals surface area contributed by atoms with Gasteiger partial charge in [-0.1, -0.05) is 28.1 Å². The van der Waals surface area contributed by atoms with Gasteiger partial charge in [-0.2, -0.15) is 0 Å². The van der Waals surface area contributed by atoms with Crippen LogP contribution in [0, 0.1) is 0 Å². The maximum atomic E-state index is 4.30. The highest BCUT2D eigenvalue weighted by atomic mass is 79.9. The summed E-state index contributed by atoms with van der Waals surface area (Å²) in [4.78, 5) is 5.60. The van der Waals surface area contributed by atoms with Crippen LogP contribution in [-0.2, 0) is 6.42 Å². The summed E-state index contributed by atoms with van der Waals surface area (Å²) in [6, 6.07) is 14.4. The number of pyridine rings is 1. The molecule has 0 aliphatic heterocycles. The molecule has 2 aromatic rings. The second-order valence-electron chi connectivity index (χ2n) is 3.38. The van der Waals surface area contributed by atoms with Crippen LogP contribution in [0.3, 0.4) is 0 Å². The standard InChI is InChI=1S/C13H12BrNS/c14-11-4-3-6-13(10-11)16-9-7-12-5-1-2-8-15-12/h1-6,8,10H,7,9H2. The molecule has 1 nitrogen and oxygen atoms in total. The number of aryl methyl sites for hydroxylation is 1. The van der Waals surface area contributed by atoms with E-state index in [9.17, 15) is 0 Å². The van der Waals surface area contributed by atoms with E-state index in [1.807, 2.05) is 36.2 Å². The third kappa shape index (κ3) is 3.65. The van der Waals surface area contributed by atoms with E-state index in [4.69, 9.17) is 0 Å². The van der Waals surface area contributed by atoms with Gasteiger partial charge in [-0.05, 0) is 36.8 Å². The van der Waals surface area contributed by atoms with E-state index in [-0.39, 0.29) is 0 Å². The first-order valence-corrected chi connectivity index (χ1v) is 6.91. The maximum absolute atomic E-state index is 4.30. The van der Waals surface area contributed by atoms with Crippen molar-refractivity contribution < 1.29 is 0 Å². The Bertz CT molecular complexity index is 445. The molecule has 3 heteroatoms. The average Bonchev–Trinajstić information content (AvgIpc) is 2.30. The fourth-order valence-electron chi connectivity index (χ4n) is 1.38. The molecule has 1 aromatic carbocycles. The van der Waals surface area contributed by atoms with Gasteiger partial charge in [0.2, 0.25) is 0 Å². The van der Waals surface area contributed by atoms with Crippen LogP contribution in [0.2, 0.25) is 0 Å². The van der Waals surface area contributed by atoms with Gasteiger partial charge >= 0.3 is 0 Å². The van der Waals surface area contributed by atoms with Crippen molar-refractivity contribution in [2.24, 2.45) is 0 Å². The monoisotopic (exact) mass is 293 g/mol. The second-order valence-corrected chi connectivity index (χ2v) is 5.46. The zero-order valence-corrected chi connectivity index (χ0v) is 11.2. The van der Waals surface area contributed by atoms with Gasteiger partial charge in [-0.3, -0.25) is 4.98 Å². The average molecular weight is 294 g/mol. The predicted molar refractivity (Wildman–Crippen MR) is 72.8 cm³/mol. The van der Waals surface area contributed by atoms with E-state index in [0.29, 0.717) is 0 Å². The molecule has 0 unspecified atom stereocenters. The lowest BCUT2D eigenvalue weighted by Gasteiger charge is -2.02. The van der Waals surface area contributed by atoms with Crippen molar-refractivity contribution in [2.75, 3.05) is 5.75 Å². The Balaban J connectivity index is 1.85. The molecule has 1 aromatic heterocycles. The number of thioether (sulfide) groups is 1. The van der Waals surface area contributed by atoms with E-state index < -0.39 is 0 Å². The van der Waals surface area contributed by atoms with Crippen molar-refractivity contribution in [3.8, 4) is 0 Å². The highest BCUT2D eigenvalue weighted by Crippen LogP contribution is 2.22. The van der Waals surface area contributed by atoms with Crippen LogP contribution in [0.1, 0.15) is 5.69 Å². The molecule has 0 N–H and O–H groups in total. The van der Waals surface area contributed by atoms with Crippen molar-refractivity contribution in [3.05, 3.63) is 58.8 Å². The van der Waals surface area contributed by atoms with E-state index in [1.54, 1.807) is 0 Å². The van der Waals surface area contributed by atoms with Gasteiger partial charge in [0.15, 0.2) is 0 Å². The van der Waals surface area contributed by atoms with Crippen LogP contribution in [0.25, 0.3) is 0 Å². The molecule has 0 fully saturated rings. The van der Waals surface area contributed by atoms with Crippen LogP contribution >= 0.6 is 27.7 Å². The molecule has 0 saturated heterocycles. The minimum absolute atomic E-state index is 1.01. The summed E-state index contributed by atoms with van der Waals surface area (Å²) in [6.45, 7) is 0. The highest BCUT2D eigenvalue weighted by molar-refractivity contribution is 9.10. The molecule has 0 aliphatic rings. The molecule has 0 aliphatic carbocycles. The number of nitrogens with zero attached hydrogens (tertiary/aromatic N) is 1. The number of hydrogen-bond donors (Lipinski definition) is 0. The zero-order chi connectivity index (χ0) is 11.2. The minimum Gasteiger partial charge on any atom is -0.261 e. The number of aromatic nitrogens is 1. The van der Waals surface area contributed by atoms with Crippen LogP contribution < -0.4 is 0 Å². The largest absolute Gasteiger partial charge is 0.261 e. The minimum atomic E-state index is 1.01. The molecule has 16 heavy (non-hydrogen) atoms. The number of halogens is 1. The van der Waals surface area contributed by atoms with Gasteiger partial charge < -0.3 is 0 Å². The number of rotatable bonds is 4. The predicted octanol–water partition coefficient (Wildman–Crippen LogP) is 4.18. The molecule has 0 bridgehead atoms. The van der Waals surface area contributed by atoms with Gasteiger partial charge in [-0.25, -0.2) is 0 Å². The van der Waals surface area contributed by atoms with Crippen molar-refractivity contribution in [1.29, 1.82) is 0 Å². The second kappa shape index (κ2) is 6.06. The van der Waals surface area contributed by atoms with E-state index in [0.717, 1.165) is 22.3 Å². The summed E-state index contributed by atoms with van der Waals surface area (Å²) in [5, 5.41) is 0. The molecule has 82 valence electrons. The normalized spacial score (nSPS) is 10.3. The molecule has 2 rings (SSSR count). The molecular weight excluding hydrogens is 282 g/mol. The van der Waals surface area contributed by atoms with Crippen molar-refractivity contribution in [3.63, 3.8) is 0 Å². The molecule has 0 saturated carbocycles. The van der Waals surface area contributed by atoms with Crippen molar-refractivity contribution >= 4 is 27.7 Å². The molecular formula is C13H12BrNS. The lowest BCUT2D eigenvalue weighted by Crippen LogP contribution is -1.91. The Kier molecular flexibility index (Phi) is 4.43. The summed E-state index contributed by atoms with van der Waals surface area (Å²) in [5.74, 6) is 1.06.